The normalized spacial score (nSPS) is 14.6. The van der Waals surface area contributed by atoms with Gasteiger partial charge in [-0.15, -0.1) is 0 Å². The van der Waals surface area contributed by atoms with Crippen molar-refractivity contribution in [3.05, 3.63) is 0 Å². The number of nitriles is 1. The second-order valence-electron chi connectivity index (χ2n) is 4.20. The molecular weight excluding hydrogens is 218 g/mol. The highest BCUT2D eigenvalue weighted by Crippen LogP contribution is 2.02. The van der Waals surface area contributed by atoms with E-state index in [1.165, 1.54) is 0 Å². The van der Waals surface area contributed by atoms with Crippen LogP contribution in [-0.4, -0.2) is 56.5 Å². The van der Waals surface area contributed by atoms with Crippen molar-refractivity contribution in [1.29, 1.82) is 5.26 Å². The summed E-state index contributed by atoms with van der Waals surface area (Å²) in [4.78, 5) is 2.11. The van der Waals surface area contributed by atoms with Crippen LogP contribution in [0.4, 0.5) is 0 Å². The lowest BCUT2D eigenvalue weighted by Gasteiger charge is -2.27. The molecule has 0 aromatic carbocycles. The molecule has 0 rings (SSSR count). The van der Waals surface area contributed by atoms with E-state index in [4.69, 9.17) is 20.5 Å². The van der Waals surface area contributed by atoms with Crippen molar-refractivity contribution in [1.82, 2.24) is 4.90 Å². The third kappa shape index (κ3) is 9.07. The van der Waals surface area contributed by atoms with Gasteiger partial charge in [0, 0.05) is 32.8 Å². The number of hydrogen-bond donors (Lipinski definition) is 1. The van der Waals surface area contributed by atoms with Crippen molar-refractivity contribution < 1.29 is 9.47 Å². The number of ether oxygens (including phenoxy) is 2. The van der Waals surface area contributed by atoms with Crippen molar-refractivity contribution in [3.63, 3.8) is 0 Å². The third-order valence-electron chi connectivity index (χ3n) is 2.32. The zero-order valence-corrected chi connectivity index (χ0v) is 11.2. The number of hydrogen-bond acceptors (Lipinski definition) is 5. The monoisotopic (exact) mass is 243 g/mol. The molecule has 17 heavy (non-hydrogen) atoms. The molecule has 0 radical (unpaired) electrons. The van der Waals surface area contributed by atoms with Crippen LogP contribution in [0.1, 0.15) is 20.8 Å². The van der Waals surface area contributed by atoms with Crippen molar-refractivity contribution in [2.45, 2.75) is 26.3 Å². The average molecular weight is 243 g/mol. The first-order valence-corrected chi connectivity index (χ1v) is 6.13. The molecule has 0 saturated heterocycles. The van der Waals surface area contributed by atoms with Gasteiger partial charge in [-0.1, -0.05) is 0 Å². The molecule has 2 N–H and O–H groups in total. The van der Waals surface area contributed by atoms with Gasteiger partial charge in [-0.3, -0.25) is 4.90 Å². The van der Waals surface area contributed by atoms with Crippen LogP contribution in [0.5, 0.6) is 0 Å². The van der Waals surface area contributed by atoms with Crippen LogP contribution < -0.4 is 5.73 Å². The van der Waals surface area contributed by atoms with E-state index in [0.717, 1.165) is 13.1 Å². The smallest absolute Gasteiger partial charge is 0.114 e. The van der Waals surface area contributed by atoms with Crippen LogP contribution in [0.3, 0.4) is 0 Å². The van der Waals surface area contributed by atoms with Crippen LogP contribution in [0.15, 0.2) is 0 Å². The summed E-state index contributed by atoms with van der Waals surface area (Å²) in [6.45, 7) is 10.5. The molecule has 0 spiro atoms. The Bertz CT molecular complexity index is 216. The summed E-state index contributed by atoms with van der Waals surface area (Å²) >= 11 is 0. The van der Waals surface area contributed by atoms with Gasteiger partial charge in [0.2, 0.25) is 0 Å². The van der Waals surface area contributed by atoms with Gasteiger partial charge >= 0.3 is 0 Å². The van der Waals surface area contributed by atoms with Gasteiger partial charge in [0.15, 0.2) is 0 Å². The average Bonchev–Trinajstić information content (AvgIpc) is 2.29. The second kappa shape index (κ2) is 9.37. The van der Waals surface area contributed by atoms with Crippen molar-refractivity contribution >= 4 is 0 Å². The van der Waals surface area contributed by atoms with Gasteiger partial charge in [0.05, 0.1) is 19.3 Å². The molecule has 0 amide bonds. The molecule has 5 nitrogen and oxygen atoms in total. The molecule has 0 aromatic heterocycles. The van der Waals surface area contributed by atoms with Gasteiger partial charge in [-0.2, -0.15) is 5.26 Å². The van der Waals surface area contributed by atoms with Crippen molar-refractivity contribution in [2.75, 3.05) is 46.1 Å². The molecule has 0 aliphatic rings. The molecule has 0 aliphatic carbocycles. The Hall–Kier alpha value is -0.670. The highest BCUT2D eigenvalue weighted by atomic mass is 16.5. The fraction of sp³-hybridized carbons (Fsp3) is 0.917. The predicted molar refractivity (Wildman–Crippen MR) is 67.6 cm³/mol. The zero-order valence-electron chi connectivity index (χ0n) is 11.2. The second-order valence-corrected chi connectivity index (χ2v) is 4.20. The zero-order chi connectivity index (χ0) is 13.1. The van der Waals surface area contributed by atoms with E-state index in [9.17, 15) is 0 Å². The summed E-state index contributed by atoms with van der Waals surface area (Å²) in [5.41, 5.74) is 5.02. The van der Waals surface area contributed by atoms with E-state index >= 15 is 0 Å². The molecule has 0 aliphatic heterocycles. The predicted octanol–water partition coefficient (Wildman–Crippen LogP) is 0.602. The molecule has 100 valence electrons. The molecule has 0 aromatic rings. The van der Waals surface area contributed by atoms with Gasteiger partial charge in [-0.05, 0) is 20.8 Å². The Kier molecular flexibility index (Phi) is 9.00. The van der Waals surface area contributed by atoms with E-state index in [2.05, 4.69) is 11.0 Å². The fourth-order valence-electron chi connectivity index (χ4n) is 1.45. The summed E-state index contributed by atoms with van der Waals surface area (Å²) in [6, 6.07) is 2.11. The molecule has 0 bridgehead atoms. The molecule has 0 fully saturated rings. The Morgan fingerprint density at radius 2 is 1.65 bits per heavy atom. The lowest BCUT2D eigenvalue weighted by atomic mass is 10.1. The lowest BCUT2D eigenvalue weighted by Crippen LogP contribution is -2.48. The van der Waals surface area contributed by atoms with Crippen LogP contribution in [0.25, 0.3) is 0 Å². The van der Waals surface area contributed by atoms with Gasteiger partial charge in [-0.25, -0.2) is 0 Å². The molecular formula is C12H25N3O2. The highest BCUT2D eigenvalue weighted by molar-refractivity contribution is 5.03. The fourth-order valence-corrected chi connectivity index (χ4v) is 1.45. The van der Waals surface area contributed by atoms with E-state index in [0.29, 0.717) is 33.0 Å². The van der Waals surface area contributed by atoms with E-state index in [1.807, 2.05) is 13.8 Å². The Labute approximate surface area is 104 Å². The summed E-state index contributed by atoms with van der Waals surface area (Å²) < 4.78 is 10.6. The van der Waals surface area contributed by atoms with Gasteiger partial charge in [0.25, 0.3) is 0 Å². The maximum Gasteiger partial charge on any atom is 0.114 e. The third-order valence-corrected chi connectivity index (χ3v) is 2.32. The summed E-state index contributed by atoms with van der Waals surface area (Å²) in [6.07, 6.45) is 0. The minimum atomic E-state index is -0.821. The van der Waals surface area contributed by atoms with Crippen LogP contribution in [0.2, 0.25) is 0 Å². The van der Waals surface area contributed by atoms with Crippen LogP contribution in [0, 0.1) is 11.3 Å². The molecule has 1 atom stereocenters. The summed E-state index contributed by atoms with van der Waals surface area (Å²) in [7, 11) is 0. The first-order chi connectivity index (χ1) is 8.05. The van der Waals surface area contributed by atoms with E-state index in [1.54, 1.807) is 6.92 Å². The maximum atomic E-state index is 8.92. The SMILES string of the molecule is CCOCCN(CCOCC)CC(C)(N)C#N. The Morgan fingerprint density at radius 3 is 2.00 bits per heavy atom. The van der Waals surface area contributed by atoms with Gasteiger partial charge < -0.3 is 15.2 Å². The number of nitrogens with two attached hydrogens (primary N) is 1. The number of rotatable bonds is 10. The van der Waals surface area contributed by atoms with E-state index < -0.39 is 5.54 Å². The van der Waals surface area contributed by atoms with Crippen LogP contribution in [-0.2, 0) is 9.47 Å². The van der Waals surface area contributed by atoms with Crippen molar-refractivity contribution in [3.8, 4) is 6.07 Å². The van der Waals surface area contributed by atoms with Gasteiger partial charge in [0.1, 0.15) is 5.54 Å². The first kappa shape index (κ1) is 16.3. The standard InChI is InChI=1S/C12H25N3O2/c1-4-16-8-6-15(7-9-17-5-2)11-12(3,14)10-13/h4-9,11,14H2,1-3H3. The molecule has 1 unspecified atom stereocenters. The minimum Gasteiger partial charge on any atom is -0.380 e. The quantitative estimate of drug-likeness (QED) is 0.569. The largest absolute Gasteiger partial charge is 0.380 e. The molecule has 5 heteroatoms. The minimum absolute atomic E-state index is 0.531. The van der Waals surface area contributed by atoms with E-state index in [-0.39, 0.29) is 0 Å². The topological polar surface area (TPSA) is 71.5 Å². The highest BCUT2D eigenvalue weighted by Gasteiger charge is 2.21. The lowest BCUT2D eigenvalue weighted by molar-refractivity contribution is 0.0776. The van der Waals surface area contributed by atoms with Crippen molar-refractivity contribution in [2.24, 2.45) is 5.73 Å². The Balaban J connectivity index is 4.06. The number of nitrogens with zero attached hydrogens (tertiary/aromatic N) is 2. The maximum absolute atomic E-state index is 8.92. The first-order valence-electron chi connectivity index (χ1n) is 6.13. The summed E-state index contributed by atoms with van der Waals surface area (Å²) in [5.74, 6) is 0. The summed E-state index contributed by atoms with van der Waals surface area (Å²) in [5, 5.41) is 8.92. The molecule has 0 heterocycles. The Morgan fingerprint density at radius 1 is 1.18 bits per heavy atom. The van der Waals surface area contributed by atoms with Crippen LogP contribution >= 0.6 is 0 Å². The molecule has 0 saturated carbocycles.